The highest BCUT2D eigenvalue weighted by Gasteiger charge is 2.38. The first-order chi connectivity index (χ1) is 9.19. The molecular weight excluding hydrogens is 244 g/mol. The first-order valence-corrected chi connectivity index (χ1v) is 6.65. The lowest BCUT2D eigenvalue weighted by atomic mass is 10.1. The van der Waals surface area contributed by atoms with Crippen molar-refractivity contribution in [1.29, 1.82) is 0 Å². The second-order valence-electron chi connectivity index (χ2n) is 5.25. The monoisotopic (exact) mass is 262 g/mol. The van der Waals surface area contributed by atoms with E-state index in [1.807, 2.05) is 23.1 Å². The molecule has 5 nitrogen and oxygen atoms in total. The molecule has 1 saturated carbocycles. The van der Waals surface area contributed by atoms with E-state index in [1.165, 1.54) is 0 Å². The summed E-state index contributed by atoms with van der Waals surface area (Å²) in [6, 6.07) is 6.08. The van der Waals surface area contributed by atoms with Crippen molar-refractivity contribution >= 4 is 11.6 Å². The van der Waals surface area contributed by atoms with Gasteiger partial charge >= 0.3 is 0 Å². The van der Waals surface area contributed by atoms with Gasteiger partial charge in [-0.15, -0.1) is 0 Å². The fraction of sp³-hybridized carbons (Fsp3) is 0.500. The van der Waals surface area contributed by atoms with Gasteiger partial charge in [-0.2, -0.15) is 0 Å². The molecule has 3 N–H and O–H groups in total. The van der Waals surface area contributed by atoms with Crippen LogP contribution in [0.25, 0.3) is 0 Å². The fourth-order valence-electron chi connectivity index (χ4n) is 2.43. The van der Waals surface area contributed by atoms with Gasteiger partial charge in [-0.1, -0.05) is 0 Å². The number of hydrogen-bond donors (Lipinski definition) is 3. The molecule has 2 aliphatic rings. The number of aliphatic hydroxyl groups is 2. The number of nitrogens with zero attached hydrogens (tertiary/aromatic N) is 1. The Balaban J connectivity index is 1.71. The molecule has 1 amide bonds. The number of anilines is 1. The molecule has 1 aromatic carbocycles. The second-order valence-corrected chi connectivity index (χ2v) is 5.25. The van der Waals surface area contributed by atoms with Crippen LogP contribution >= 0.6 is 0 Å². The topological polar surface area (TPSA) is 72.8 Å². The molecule has 19 heavy (non-hydrogen) atoms. The predicted molar refractivity (Wildman–Crippen MR) is 70.9 cm³/mol. The molecule has 0 aromatic heterocycles. The van der Waals surface area contributed by atoms with Crippen molar-refractivity contribution in [1.82, 2.24) is 4.90 Å². The number of nitrogens with one attached hydrogen (secondary N) is 1. The Morgan fingerprint density at radius 3 is 2.89 bits per heavy atom. The zero-order valence-corrected chi connectivity index (χ0v) is 10.7. The van der Waals surface area contributed by atoms with Crippen molar-refractivity contribution in [3.05, 3.63) is 29.3 Å². The van der Waals surface area contributed by atoms with E-state index >= 15 is 0 Å². The summed E-state index contributed by atoms with van der Waals surface area (Å²) in [5.41, 5.74) is 2.71. The van der Waals surface area contributed by atoms with Gasteiger partial charge in [-0.25, -0.2) is 0 Å². The van der Waals surface area contributed by atoms with Crippen LogP contribution in [0, 0.1) is 0 Å². The van der Waals surface area contributed by atoms with E-state index < -0.39 is 6.10 Å². The first kappa shape index (κ1) is 12.4. The molecule has 1 aliphatic heterocycles. The van der Waals surface area contributed by atoms with Gasteiger partial charge in [0.25, 0.3) is 5.91 Å². The van der Waals surface area contributed by atoms with Crippen LogP contribution in [0.5, 0.6) is 0 Å². The van der Waals surface area contributed by atoms with E-state index in [0.717, 1.165) is 29.7 Å². The molecule has 1 unspecified atom stereocenters. The number of hydrogen-bond acceptors (Lipinski definition) is 4. The molecule has 102 valence electrons. The molecule has 0 radical (unpaired) electrons. The van der Waals surface area contributed by atoms with Crippen molar-refractivity contribution in [3.8, 4) is 0 Å². The third kappa shape index (κ3) is 2.43. The molecule has 1 heterocycles. The molecule has 0 spiro atoms. The summed E-state index contributed by atoms with van der Waals surface area (Å²) in [5.74, 6) is 0.138. The number of fused-ring (bicyclic) bond motifs is 1. The van der Waals surface area contributed by atoms with Gasteiger partial charge in [0.2, 0.25) is 0 Å². The van der Waals surface area contributed by atoms with Crippen LogP contribution in [0.4, 0.5) is 5.69 Å². The van der Waals surface area contributed by atoms with Gasteiger partial charge in [0.05, 0.1) is 12.7 Å². The van der Waals surface area contributed by atoms with Gasteiger partial charge in [0, 0.05) is 30.4 Å². The largest absolute Gasteiger partial charge is 0.394 e. The quantitative estimate of drug-likeness (QED) is 0.725. The number of benzene rings is 1. The highest BCUT2D eigenvalue weighted by atomic mass is 16.3. The molecule has 3 rings (SSSR count). The number of carbonyl (C=O) groups excluding carboxylic acids is 1. The number of carbonyl (C=O) groups is 1. The van der Waals surface area contributed by atoms with Crippen LogP contribution < -0.4 is 5.32 Å². The lowest BCUT2D eigenvalue weighted by Crippen LogP contribution is -2.25. The summed E-state index contributed by atoms with van der Waals surface area (Å²) in [7, 11) is 0. The van der Waals surface area contributed by atoms with Crippen molar-refractivity contribution in [2.75, 3.05) is 18.5 Å². The second kappa shape index (κ2) is 4.83. The summed E-state index contributed by atoms with van der Waals surface area (Å²) in [6.45, 7) is 0.734. The zero-order chi connectivity index (χ0) is 13.4. The minimum absolute atomic E-state index is 0.138. The molecule has 0 saturated heterocycles. The minimum atomic E-state index is -0.766. The molecule has 1 fully saturated rings. The average molecular weight is 262 g/mol. The lowest BCUT2D eigenvalue weighted by molar-refractivity contribution is 0.0766. The van der Waals surface area contributed by atoms with Crippen molar-refractivity contribution in [2.24, 2.45) is 0 Å². The maximum absolute atomic E-state index is 12.1. The van der Waals surface area contributed by atoms with E-state index in [4.69, 9.17) is 5.11 Å². The summed E-state index contributed by atoms with van der Waals surface area (Å²) in [4.78, 5) is 14.1. The minimum Gasteiger partial charge on any atom is -0.394 e. The highest BCUT2D eigenvalue weighted by molar-refractivity contribution is 5.99. The average Bonchev–Trinajstić information content (AvgIpc) is 3.21. The maximum Gasteiger partial charge on any atom is 0.254 e. The zero-order valence-electron chi connectivity index (χ0n) is 10.7. The van der Waals surface area contributed by atoms with Gasteiger partial charge in [-0.05, 0) is 36.6 Å². The standard InChI is InChI=1S/C14H18N2O3/c17-8-12(18)6-15-10-1-4-13-9(5-10)7-16(14(13)19)11-2-3-11/h1,4-5,11-12,15,17-18H,2-3,6-8H2. The van der Waals surface area contributed by atoms with Crippen LogP contribution in [0.2, 0.25) is 0 Å². The van der Waals surface area contributed by atoms with Gasteiger partial charge < -0.3 is 20.4 Å². The Labute approximate surface area is 111 Å². The number of amides is 1. The van der Waals surface area contributed by atoms with Crippen LogP contribution in [-0.2, 0) is 6.54 Å². The molecule has 1 aromatic rings. The number of aliphatic hydroxyl groups excluding tert-OH is 2. The molecule has 0 bridgehead atoms. The van der Waals surface area contributed by atoms with Crippen molar-refractivity contribution < 1.29 is 15.0 Å². The summed E-state index contributed by atoms with van der Waals surface area (Å²) in [6.07, 6.45) is 1.47. The summed E-state index contributed by atoms with van der Waals surface area (Å²) < 4.78 is 0. The van der Waals surface area contributed by atoms with Gasteiger partial charge in [-0.3, -0.25) is 4.79 Å². The Morgan fingerprint density at radius 2 is 2.21 bits per heavy atom. The lowest BCUT2D eigenvalue weighted by Gasteiger charge is -2.13. The molecule has 1 atom stereocenters. The van der Waals surface area contributed by atoms with E-state index in [2.05, 4.69) is 5.32 Å². The summed E-state index contributed by atoms with van der Waals surface area (Å²) in [5, 5.41) is 21.1. The van der Waals surface area contributed by atoms with Crippen molar-refractivity contribution in [3.63, 3.8) is 0 Å². The maximum atomic E-state index is 12.1. The number of rotatable bonds is 5. The van der Waals surface area contributed by atoms with Crippen LogP contribution in [0.3, 0.4) is 0 Å². The molecule has 1 aliphatic carbocycles. The third-order valence-electron chi connectivity index (χ3n) is 3.68. The normalized spacial score (nSPS) is 19.5. The Morgan fingerprint density at radius 1 is 1.42 bits per heavy atom. The van der Waals surface area contributed by atoms with E-state index in [1.54, 1.807) is 0 Å². The predicted octanol–water partition coefficient (Wildman–Crippen LogP) is 0.570. The molecule has 5 heteroatoms. The fourth-order valence-corrected chi connectivity index (χ4v) is 2.43. The third-order valence-corrected chi connectivity index (χ3v) is 3.68. The Kier molecular flexibility index (Phi) is 3.16. The van der Waals surface area contributed by atoms with E-state index in [-0.39, 0.29) is 12.5 Å². The first-order valence-electron chi connectivity index (χ1n) is 6.65. The smallest absolute Gasteiger partial charge is 0.254 e. The SMILES string of the molecule is O=C1c2ccc(NCC(O)CO)cc2CN1C1CC1. The Bertz CT molecular complexity index is 499. The van der Waals surface area contributed by atoms with Gasteiger partial charge in [0.1, 0.15) is 0 Å². The van der Waals surface area contributed by atoms with Crippen LogP contribution in [0.1, 0.15) is 28.8 Å². The Hall–Kier alpha value is -1.59. The van der Waals surface area contributed by atoms with E-state index in [9.17, 15) is 9.90 Å². The van der Waals surface area contributed by atoms with Gasteiger partial charge in [0.15, 0.2) is 0 Å². The van der Waals surface area contributed by atoms with Crippen molar-refractivity contribution in [2.45, 2.75) is 31.5 Å². The van der Waals surface area contributed by atoms with Crippen LogP contribution in [-0.4, -0.2) is 46.3 Å². The highest BCUT2D eigenvalue weighted by Crippen LogP contribution is 2.35. The summed E-state index contributed by atoms with van der Waals surface area (Å²) >= 11 is 0. The van der Waals surface area contributed by atoms with E-state index in [0.29, 0.717) is 19.1 Å². The molecular formula is C14H18N2O3. The van der Waals surface area contributed by atoms with Crippen LogP contribution in [0.15, 0.2) is 18.2 Å².